The number of carbonyl (C=O) groups excluding carboxylic acids is 1. The molecule has 2 rings (SSSR count). The Bertz CT molecular complexity index is 683. The lowest BCUT2D eigenvalue weighted by Crippen LogP contribution is -2.20. The van der Waals surface area contributed by atoms with Gasteiger partial charge in [0.15, 0.2) is 5.82 Å². The zero-order valence-electron chi connectivity index (χ0n) is 12.1. The van der Waals surface area contributed by atoms with E-state index in [1.165, 1.54) is 13.3 Å². The lowest BCUT2D eigenvalue weighted by atomic mass is 10.2. The van der Waals surface area contributed by atoms with Gasteiger partial charge in [-0.05, 0) is 17.3 Å². The number of rotatable bonds is 6. The highest BCUT2D eigenvalue weighted by molar-refractivity contribution is 5.86. The molecule has 0 aliphatic rings. The van der Waals surface area contributed by atoms with E-state index in [-0.39, 0.29) is 17.9 Å². The Morgan fingerprint density at radius 1 is 1.41 bits per heavy atom. The smallest absolute Gasteiger partial charge is 0.246 e. The summed E-state index contributed by atoms with van der Waals surface area (Å²) >= 11 is 0. The first-order valence-corrected chi connectivity index (χ1v) is 6.25. The summed E-state index contributed by atoms with van der Waals surface area (Å²) in [6, 6.07) is 5.23. The Morgan fingerprint density at radius 2 is 2.23 bits per heavy atom. The molecule has 0 aliphatic carbocycles. The summed E-state index contributed by atoms with van der Waals surface area (Å²) in [6.45, 7) is 0. The maximum Gasteiger partial charge on any atom is 0.246 e. The summed E-state index contributed by atoms with van der Waals surface area (Å²) in [5.41, 5.74) is 8.76. The number of carbonyl (C=O) groups is 1. The van der Waals surface area contributed by atoms with E-state index >= 15 is 0 Å². The summed E-state index contributed by atoms with van der Waals surface area (Å²) in [5, 5.41) is 10.7. The summed E-state index contributed by atoms with van der Waals surface area (Å²) in [4.78, 5) is 11.7. The van der Waals surface area contributed by atoms with Gasteiger partial charge in [0.1, 0.15) is 17.2 Å². The number of nitrogens with two attached hydrogens (primary N) is 1. The second kappa shape index (κ2) is 7.07. The van der Waals surface area contributed by atoms with Crippen LogP contribution in [0.1, 0.15) is 11.3 Å². The van der Waals surface area contributed by atoms with Gasteiger partial charge in [-0.2, -0.15) is 5.10 Å². The van der Waals surface area contributed by atoms with Gasteiger partial charge < -0.3 is 15.2 Å². The van der Waals surface area contributed by atoms with Crippen molar-refractivity contribution in [1.29, 1.82) is 0 Å². The van der Waals surface area contributed by atoms with E-state index < -0.39 is 5.91 Å². The second-order valence-electron chi connectivity index (χ2n) is 4.17. The third-order valence-corrected chi connectivity index (χ3v) is 2.75. The van der Waals surface area contributed by atoms with Crippen LogP contribution in [0.3, 0.4) is 0 Å². The van der Waals surface area contributed by atoms with Crippen LogP contribution in [0.2, 0.25) is 0 Å². The van der Waals surface area contributed by atoms with E-state index in [0.717, 1.165) is 0 Å². The van der Waals surface area contributed by atoms with Crippen molar-refractivity contribution in [1.82, 2.24) is 15.7 Å². The minimum Gasteiger partial charge on any atom is -0.497 e. The SMILES string of the molecule is COc1ccc(C=NNC(=O)Cc2nonc2N)c(OC)c1. The number of nitrogen functional groups attached to an aromatic ring is 1. The number of ether oxygens (including phenoxy) is 2. The lowest BCUT2D eigenvalue weighted by molar-refractivity contribution is -0.120. The molecule has 1 heterocycles. The molecule has 116 valence electrons. The van der Waals surface area contributed by atoms with Crippen LogP contribution in [0.15, 0.2) is 27.9 Å². The minimum atomic E-state index is -0.397. The molecule has 9 nitrogen and oxygen atoms in total. The molecule has 0 fully saturated rings. The van der Waals surface area contributed by atoms with Crippen LogP contribution in [-0.2, 0) is 11.2 Å². The third-order valence-electron chi connectivity index (χ3n) is 2.75. The number of anilines is 1. The molecule has 0 spiro atoms. The highest BCUT2D eigenvalue weighted by Crippen LogP contribution is 2.22. The van der Waals surface area contributed by atoms with Crippen molar-refractivity contribution in [2.75, 3.05) is 20.0 Å². The van der Waals surface area contributed by atoms with Crippen molar-refractivity contribution in [2.45, 2.75) is 6.42 Å². The van der Waals surface area contributed by atoms with E-state index in [4.69, 9.17) is 15.2 Å². The molecule has 0 saturated carbocycles. The zero-order valence-corrected chi connectivity index (χ0v) is 12.1. The number of benzene rings is 1. The van der Waals surface area contributed by atoms with Crippen LogP contribution in [-0.4, -0.2) is 36.7 Å². The number of nitrogens with one attached hydrogen (secondary N) is 1. The fourth-order valence-electron chi connectivity index (χ4n) is 1.63. The van der Waals surface area contributed by atoms with Crippen LogP contribution in [0, 0.1) is 0 Å². The average molecular weight is 305 g/mol. The normalized spacial score (nSPS) is 10.6. The summed E-state index contributed by atoms with van der Waals surface area (Å²) in [6.07, 6.45) is 1.38. The predicted molar refractivity (Wildman–Crippen MR) is 77.7 cm³/mol. The van der Waals surface area contributed by atoms with Crippen LogP contribution < -0.4 is 20.6 Å². The van der Waals surface area contributed by atoms with E-state index in [0.29, 0.717) is 17.1 Å². The van der Waals surface area contributed by atoms with Gasteiger partial charge in [0.25, 0.3) is 0 Å². The predicted octanol–water partition coefficient (Wildman–Crippen LogP) is 0.362. The summed E-state index contributed by atoms with van der Waals surface area (Å²) < 4.78 is 14.7. The van der Waals surface area contributed by atoms with Crippen molar-refractivity contribution < 1.29 is 18.9 Å². The molecule has 0 radical (unpaired) electrons. The van der Waals surface area contributed by atoms with Crippen LogP contribution >= 0.6 is 0 Å². The van der Waals surface area contributed by atoms with Crippen molar-refractivity contribution >= 4 is 17.9 Å². The maximum atomic E-state index is 11.7. The highest BCUT2D eigenvalue weighted by atomic mass is 16.6. The number of aromatic nitrogens is 2. The molecule has 1 amide bonds. The molecule has 22 heavy (non-hydrogen) atoms. The Labute approximate surface area is 126 Å². The quantitative estimate of drug-likeness (QED) is 0.583. The standard InChI is InChI=1S/C13H15N5O4/c1-20-9-4-3-8(11(5-9)21-2)7-15-16-12(19)6-10-13(14)18-22-17-10/h3-5,7H,6H2,1-2H3,(H2,14,18)(H,16,19). The number of hydrazone groups is 1. The second-order valence-corrected chi connectivity index (χ2v) is 4.17. The number of hydrogen-bond donors (Lipinski definition) is 2. The lowest BCUT2D eigenvalue weighted by Gasteiger charge is -2.06. The molecular weight excluding hydrogens is 290 g/mol. The molecule has 0 bridgehead atoms. The fourth-order valence-corrected chi connectivity index (χ4v) is 1.63. The van der Waals surface area contributed by atoms with E-state index in [1.54, 1.807) is 25.3 Å². The number of nitrogens with zero attached hydrogens (tertiary/aromatic N) is 3. The van der Waals surface area contributed by atoms with E-state index in [9.17, 15) is 4.79 Å². The molecule has 0 unspecified atom stereocenters. The molecule has 0 saturated heterocycles. The third kappa shape index (κ3) is 3.72. The van der Waals surface area contributed by atoms with Gasteiger partial charge in [-0.15, -0.1) is 0 Å². The molecule has 9 heteroatoms. The zero-order chi connectivity index (χ0) is 15.9. The van der Waals surface area contributed by atoms with Crippen LogP contribution in [0.5, 0.6) is 11.5 Å². The topological polar surface area (TPSA) is 125 Å². The molecule has 3 N–H and O–H groups in total. The average Bonchev–Trinajstić information content (AvgIpc) is 2.92. The van der Waals surface area contributed by atoms with Gasteiger partial charge in [-0.1, -0.05) is 5.16 Å². The first kappa shape index (κ1) is 15.3. The Hall–Kier alpha value is -3.10. The molecule has 1 aromatic heterocycles. The number of hydrogen-bond acceptors (Lipinski definition) is 8. The Balaban J connectivity index is 1.97. The van der Waals surface area contributed by atoms with Gasteiger partial charge in [-0.3, -0.25) is 4.79 Å². The number of methoxy groups -OCH3 is 2. The largest absolute Gasteiger partial charge is 0.497 e. The molecular formula is C13H15N5O4. The molecule has 2 aromatic rings. The molecule has 1 aromatic carbocycles. The first-order chi connectivity index (χ1) is 10.6. The maximum absolute atomic E-state index is 11.7. The van der Waals surface area contributed by atoms with Gasteiger partial charge in [-0.25, -0.2) is 10.1 Å². The van der Waals surface area contributed by atoms with Gasteiger partial charge in [0.05, 0.1) is 26.9 Å². The van der Waals surface area contributed by atoms with Crippen LogP contribution in [0.25, 0.3) is 0 Å². The Morgan fingerprint density at radius 3 is 2.86 bits per heavy atom. The first-order valence-electron chi connectivity index (χ1n) is 6.25. The van der Waals surface area contributed by atoms with Crippen molar-refractivity contribution in [3.63, 3.8) is 0 Å². The molecule has 0 atom stereocenters. The van der Waals surface area contributed by atoms with Crippen LogP contribution in [0.4, 0.5) is 5.82 Å². The Kier molecular flexibility index (Phi) is 4.91. The van der Waals surface area contributed by atoms with Crippen molar-refractivity contribution in [3.8, 4) is 11.5 Å². The highest BCUT2D eigenvalue weighted by Gasteiger charge is 2.11. The number of amides is 1. The van der Waals surface area contributed by atoms with Gasteiger partial charge in [0.2, 0.25) is 5.91 Å². The van der Waals surface area contributed by atoms with Crippen molar-refractivity contribution in [2.24, 2.45) is 5.10 Å². The summed E-state index contributed by atoms with van der Waals surface area (Å²) in [5.74, 6) is 0.913. The van der Waals surface area contributed by atoms with E-state index in [2.05, 4.69) is 25.5 Å². The monoisotopic (exact) mass is 305 g/mol. The molecule has 0 aliphatic heterocycles. The minimum absolute atomic E-state index is 0.0770. The summed E-state index contributed by atoms with van der Waals surface area (Å²) in [7, 11) is 3.10. The fraction of sp³-hybridized carbons (Fsp3) is 0.231. The van der Waals surface area contributed by atoms with Gasteiger partial charge in [0, 0.05) is 11.6 Å². The van der Waals surface area contributed by atoms with Crippen molar-refractivity contribution in [3.05, 3.63) is 29.5 Å². The van der Waals surface area contributed by atoms with E-state index in [1.807, 2.05) is 0 Å². The van der Waals surface area contributed by atoms with Gasteiger partial charge >= 0.3 is 0 Å².